The summed E-state index contributed by atoms with van der Waals surface area (Å²) < 4.78 is 5.83. The minimum absolute atomic E-state index is 0.231. The summed E-state index contributed by atoms with van der Waals surface area (Å²) in [6.45, 7) is 4.28. The molecule has 2 atom stereocenters. The maximum atomic E-state index is 5.83. The van der Waals surface area contributed by atoms with Gasteiger partial charge in [-0.1, -0.05) is 6.92 Å². The molecule has 0 amide bonds. The number of thiazole rings is 1. The second-order valence-corrected chi connectivity index (χ2v) is 6.16. The number of nitrogens with zero attached hydrogens (tertiary/aromatic N) is 1. The largest absolute Gasteiger partial charge is 0.464 e. The Labute approximate surface area is 118 Å². The zero-order valence-electron chi connectivity index (χ0n) is 11.4. The van der Waals surface area contributed by atoms with E-state index in [-0.39, 0.29) is 6.04 Å². The van der Waals surface area contributed by atoms with Crippen LogP contribution in [-0.4, -0.2) is 4.98 Å². The molecule has 1 saturated carbocycles. The van der Waals surface area contributed by atoms with Gasteiger partial charge in [-0.3, -0.25) is 5.32 Å². The number of hydrogen-bond acceptors (Lipinski definition) is 4. The van der Waals surface area contributed by atoms with E-state index >= 15 is 0 Å². The van der Waals surface area contributed by atoms with Crippen LogP contribution in [0.25, 0.3) is 0 Å². The SMILES string of the molecule is CCc1ccc(C(C)NC(c2nccs2)C2CC2)o1. The molecule has 0 radical (unpaired) electrons. The molecule has 2 aromatic heterocycles. The third-order valence-electron chi connectivity index (χ3n) is 3.70. The standard InChI is InChI=1S/C15H20N2OS/c1-3-12-6-7-13(18-12)10(2)17-14(11-4-5-11)15-16-8-9-19-15/h6-11,14,17H,3-5H2,1-2H3. The first-order valence-electron chi connectivity index (χ1n) is 7.02. The zero-order chi connectivity index (χ0) is 13.2. The quantitative estimate of drug-likeness (QED) is 0.863. The van der Waals surface area contributed by atoms with Gasteiger partial charge in [-0.05, 0) is 37.8 Å². The van der Waals surface area contributed by atoms with Gasteiger partial charge in [0, 0.05) is 18.0 Å². The number of hydrogen-bond donors (Lipinski definition) is 1. The van der Waals surface area contributed by atoms with Crippen molar-refractivity contribution in [2.75, 3.05) is 0 Å². The molecule has 0 aromatic carbocycles. The number of aromatic nitrogens is 1. The average Bonchev–Trinajstić information content (AvgIpc) is 2.95. The molecule has 1 N–H and O–H groups in total. The van der Waals surface area contributed by atoms with Crippen LogP contribution >= 0.6 is 11.3 Å². The third kappa shape index (κ3) is 2.90. The summed E-state index contributed by atoms with van der Waals surface area (Å²) in [5, 5.41) is 6.95. The van der Waals surface area contributed by atoms with Crippen LogP contribution in [0.15, 0.2) is 28.1 Å². The number of rotatable bonds is 6. The number of furan rings is 1. The predicted octanol–water partition coefficient (Wildman–Crippen LogP) is 4.10. The van der Waals surface area contributed by atoms with E-state index in [9.17, 15) is 0 Å². The summed E-state index contributed by atoms with van der Waals surface area (Å²) in [6.07, 6.45) is 5.46. The Balaban J connectivity index is 1.71. The molecule has 1 aliphatic rings. The second-order valence-electron chi connectivity index (χ2n) is 5.23. The lowest BCUT2D eigenvalue weighted by Gasteiger charge is -2.20. The molecule has 2 aromatic rings. The van der Waals surface area contributed by atoms with Crippen molar-refractivity contribution < 1.29 is 4.42 Å². The van der Waals surface area contributed by atoms with Crippen LogP contribution < -0.4 is 5.32 Å². The molecule has 4 heteroatoms. The molecule has 2 heterocycles. The molecule has 3 nitrogen and oxygen atoms in total. The van der Waals surface area contributed by atoms with E-state index in [1.165, 1.54) is 17.8 Å². The monoisotopic (exact) mass is 276 g/mol. The summed E-state index contributed by atoms with van der Waals surface area (Å²) >= 11 is 1.74. The first-order valence-corrected chi connectivity index (χ1v) is 7.90. The van der Waals surface area contributed by atoms with E-state index in [1.807, 2.05) is 6.20 Å². The van der Waals surface area contributed by atoms with Gasteiger partial charge in [0.2, 0.25) is 0 Å². The highest BCUT2D eigenvalue weighted by Gasteiger charge is 2.35. The Kier molecular flexibility index (Phi) is 3.71. The normalized spacial score (nSPS) is 18.4. The predicted molar refractivity (Wildman–Crippen MR) is 77.2 cm³/mol. The average molecular weight is 276 g/mol. The van der Waals surface area contributed by atoms with Gasteiger partial charge in [0.15, 0.2) is 0 Å². The lowest BCUT2D eigenvalue weighted by Crippen LogP contribution is -2.25. The van der Waals surface area contributed by atoms with Crippen LogP contribution in [0.3, 0.4) is 0 Å². The summed E-state index contributed by atoms with van der Waals surface area (Å²) in [5.41, 5.74) is 0. The molecule has 19 heavy (non-hydrogen) atoms. The van der Waals surface area contributed by atoms with Gasteiger partial charge in [0.05, 0.1) is 12.1 Å². The van der Waals surface area contributed by atoms with E-state index in [0.717, 1.165) is 23.9 Å². The Morgan fingerprint density at radius 2 is 2.32 bits per heavy atom. The van der Waals surface area contributed by atoms with E-state index in [2.05, 4.69) is 41.7 Å². The molecule has 3 rings (SSSR count). The molecule has 0 aliphatic heterocycles. The topological polar surface area (TPSA) is 38.1 Å². The number of nitrogens with one attached hydrogen (secondary N) is 1. The van der Waals surface area contributed by atoms with Crippen LogP contribution in [0, 0.1) is 5.92 Å². The maximum Gasteiger partial charge on any atom is 0.120 e. The highest BCUT2D eigenvalue weighted by Crippen LogP contribution is 2.42. The smallest absolute Gasteiger partial charge is 0.120 e. The van der Waals surface area contributed by atoms with Gasteiger partial charge in [0.25, 0.3) is 0 Å². The first-order chi connectivity index (χ1) is 9.28. The van der Waals surface area contributed by atoms with Crippen molar-refractivity contribution in [2.24, 2.45) is 5.92 Å². The molecule has 1 fully saturated rings. The van der Waals surface area contributed by atoms with E-state index in [1.54, 1.807) is 11.3 Å². The highest BCUT2D eigenvalue weighted by atomic mass is 32.1. The summed E-state index contributed by atoms with van der Waals surface area (Å²) in [7, 11) is 0. The van der Waals surface area contributed by atoms with Gasteiger partial charge < -0.3 is 4.42 Å². The van der Waals surface area contributed by atoms with Gasteiger partial charge >= 0.3 is 0 Å². The summed E-state index contributed by atoms with van der Waals surface area (Å²) in [5.74, 6) is 2.83. The molecular formula is C15H20N2OS. The Morgan fingerprint density at radius 3 is 2.89 bits per heavy atom. The molecular weight excluding hydrogens is 256 g/mol. The molecule has 2 unspecified atom stereocenters. The molecule has 102 valence electrons. The van der Waals surface area contributed by atoms with Crippen LogP contribution in [0.4, 0.5) is 0 Å². The van der Waals surface area contributed by atoms with Crippen molar-refractivity contribution in [1.29, 1.82) is 0 Å². The summed E-state index contributed by atoms with van der Waals surface area (Å²) in [4.78, 5) is 4.47. The van der Waals surface area contributed by atoms with Gasteiger partial charge in [-0.25, -0.2) is 4.98 Å². The van der Waals surface area contributed by atoms with E-state index in [4.69, 9.17) is 4.42 Å². The van der Waals surface area contributed by atoms with Gasteiger partial charge in [0.1, 0.15) is 16.5 Å². The first kappa shape index (κ1) is 12.9. The van der Waals surface area contributed by atoms with Crippen molar-refractivity contribution in [3.05, 3.63) is 40.2 Å². The second kappa shape index (κ2) is 5.47. The van der Waals surface area contributed by atoms with Crippen molar-refractivity contribution in [1.82, 2.24) is 10.3 Å². The fourth-order valence-electron chi connectivity index (χ4n) is 2.40. The Morgan fingerprint density at radius 1 is 1.47 bits per heavy atom. The molecule has 0 saturated heterocycles. The van der Waals surface area contributed by atoms with Crippen molar-refractivity contribution in [3.63, 3.8) is 0 Å². The van der Waals surface area contributed by atoms with Crippen molar-refractivity contribution >= 4 is 11.3 Å². The van der Waals surface area contributed by atoms with E-state index < -0.39 is 0 Å². The molecule has 1 aliphatic carbocycles. The van der Waals surface area contributed by atoms with E-state index in [0.29, 0.717) is 6.04 Å². The fraction of sp³-hybridized carbons (Fsp3) is 0.533. The zero-order valence-corrected chi connectivity index (χ0v) is 12.2. The lowest BCUT2D eigenvalue weighted by molar-refractivity contribution is 0.361. The molecule has 0 spiro atoms. The van der Waals surface area contributed by atoms with Gasteiger partial charge in [-0.15, -0.1) is 11.3 Å². The Bertz CT molecular complexity index is 516. The van der Waals surface area contributed by atoms with Crippen LogP contribution in [-0.2, 0) is 6.42 Å². The minimum atomic E-state index is 0.231. The number of aryl methyl sites for hydroxylation is 1. The van der Waals surface area contributed by atoms with Crippen LogP contribution in [0.1, 0.15) is 55.3 Å². The summed E-state index contributed by atoms with van der Waals surface area (Å²) in [6, 6.07) is 4.77. The lowest BCUT2D eigenvalue weighted by atomic mass is 10.1. The third-order valence-corrected chi connectivity index (χ3v) is 4.56. The van der Waals surface area contributed by atoms with Crippen LogP contribution in [0.2, 0.25) is 0 Å². The van der Waals surface area contributed by atoms with Gasteiger partial charge in [-0.2, -0.15) is 0 Å². The van der Waals surface area contributed by atoms with Crippen molar-refractivity contribution in [2.45, 2.75) is 45.2 Å². The van der Waals surface area contributed by atoms with Crippen molar-refractivity contribution in [3.8, 4) is 0 Å². The fourth-order valence-corrected chi connectivity index (χ4v) is 3.19. The maximum absolute atomic E-state index is 5.83. The highest BCUT2D eigenvalue weighted by molar-refractivity contribution is 7.09. The van der Waals surface area contributed by atoms with Crippen LogP contribution in [0.5, 0.6) is 0 Å². The Hall–Kier alpha value is -1.13. The molecule has 0 bridgehead atoms. The minimum Gasteiger partial charge on any atom is -0.464 e.